The Bertz CT molecular complexity index is 731. The van der Waals surface area contributed by atoms with Crippen LogP contribution < -0.4 is 0 Å². The summed E-state index contributed by atoms with van der Waals surface area (Å²) >= 11 is 3.56. The van der Waals surface area contributed by atoms with E-state index >= 15 is 0 Å². The average molecular weight is 447 g/mol. The molecule has 0 spiro atoms. The summed E-state index contributed by atoms with van der Waals surface area (Å²) in [5.41, 5.74) is 2.86. The highest BCUT2D eigenvalue weighted by Gasteiger charge is 2.63. The zero-order valence-electron chi connectivity index (χ0n) is 17.2. The van der Waals surface area contributed by atoms with Crippen LogP contribution in [0.25, 0.3) is 0 Å². The first kappa shape index (κ1) is 20.5. The predicted molar refractivity (Wildman–Crippen MR) is 119 cm³/mol. The maximum atomic E-state index is 11.0. The van der Waals surface area contributed by atoms with E-state index in [1.165, 1.54) is 36.8 Å². The highest BCUT2D eigenvalue weighted by atomic mass is 79.9. The van der Waals surface area contributed by atoms with Gasteiger partial charge in [-0.1, -0.05) is 47.8 Å². The lowest BCUT2D eigenvalue weighted by molar-refractivity contribution is -0.0812. The highest BCUT2D eigenvalue weighted by Crippen LogP contribution is 2.69. The van der Waals surface area contributed by atoms with Gasteiger partial charge >= 0.3 is 0 Å². The topological polar surface area (TPSA) is 40.5 Å². The number of aliphatic hydroxyl groups excluding tert-OH is 1. The molecule has 2 fully saturated rings. The smallest absolute Gasteiger partial charge is 0.115 e. The molecule has 3 heteroatoms. The molecule has 0 bridgehead atoms. The van der Waals surface area contributed by atoms with Gasteiger partial charge in [-0.15, -0.1) is 6.58 Å². The number of hydrogen-bond donors (Lipinski definition) is 2. The van der Waals surface area contributed by atoms with E-state index in [0.29, 0.717) is 23.5 Å². The Kier molecular flexibility index (Phi) is 5.70. The molecule has 0 aliphatic heterocycles. The summed E-state index contributed by atoms with van der Waals surface area (Å²) in [7, 11) is 0. The molecule has 1 unspecified atom stereocenters. The molecule has 28 heavy (non-hydrogen) atoms. The van der Waals surface area contributed by atoms with Gasteiger partial charge < -0.3 is 10.2 Å². The Morgan fingerprint density at radius 2 is 2.07 bits per heavy atom. The van der Waals surface area contributed by atoms with Gasteiger partial charge in [0.05, 0.1) is 6.10 Å². The van der Waals surface area contributed by atoms with Crippen LogP contribution in [0.5, 0.6) is 5.75 Å². The number of halogens is 1. The highest BCUT2D eigenvalue weighted by molar-refractivity contribution is 9.09. The molecule has 1 aromatic carbocycles. The number of aromatic hydroxyl groups is 1. The minimum atomic E-state index is -0.179. The first-order chi connectivity index (χ1) is 13.5. The summed E-state index contributed by atoms with van der Waals surface area (Å²) in [6.45, 7) is 6.73. The summed E-state index contributed by atoms with van der Waals surface area (Å²) < 4.78 is 0. The molecule has 1 aromatic rings. The van der Waals surface area contributed by atoms with Crippen LogP contribution >= 0.6 is 15.9 Å². The molecule has 0 heterocycles. The molecule has 2 saturated carbocycles. The van der Waals surface area contributed by atoms with Gasteiger partial charge in [0.2, 0.25) is 0 Å². The number of alkyl halides is 1. The van der Waals surface area contributed by atoms with Crippen molar-refractivity contribution in [1.82, 2.24) is 0 Å². The SMILES string of the molecule is C=CC12CCc3cc(O)ccc3[C@H]1[C@@H](CCCCCBr)C[C@]1(C)[C@@H](O)CC[C@@H]21. The second kappa shape index (κ2) is 7.80. The van der Waals surface area contributed by atoms with E-state index in [1.807, 2.05) is 12.1 Å². The van der Waals surface area contributed by atoms with Crippen molar-refractivity contribution in [1.29, 1.82) is 0 Å². The van der Waals surface area contributed by atoms with Gasteiger partial charge in [-0.3, -0.25) is 0 Å². The molecule has 6 atom stereocenters. The summed E-state index contributed by atoms with van der Waals surface area (Å²) in [6.07, 6.45) is 12.3. The lowest BCUT2D eigenvalue weighted by Gasteiger charge is -2.60. The van der Waals surface area contributed by atoms with E-state index < -0.39 is 0 Å². The molecule has 0 amide bonds. The quantitative estimate of drug-likeness (QED) is 0.303. The van der Waals surface area contributed by atoms with Crippen LogP contribution in [0.2, 0.25) is 0 Å². The minimum absolute atomic E-state index is 0.0131. The normalized spacial score (nSPS) is 39.1. The van der Waals surface area contributed by atoms with E-state index in [9.17, 15) is 10.2 Å². The number of aliphatic hydroxyl groups is 1. The maximum Gasteiger partial charge on any atom is 0.115 e. The molecule has 0 radical (unpaired) electrons. The van der Waals surface area contributed by atoms with Crippen molar-refractivity contribution in [3.63, 3.8) is 0 Å². The van der Waals surface area contributed by atoms with Crippen LogP contribution in [0.1, 0.15) is 75.3 Å². The number of hydrogen-bond acceptors (Lipinski definition) is 2. The van der Waals surface area contributed by atoms with E-state index in [-0.39, 0.29) is 16.9 Å². The Morgan fingerprint density at radius 1 is 1.25 bits per heavy atom. The molecule has 0 saturated heterocycles. The number of phenols is 1. The van der Waals surface area contributed by atoms with Crippen molar-refractivity contribution in [2.45, 2.75) is 76.7 Å². The second-order valence-corrected chi connectivity index (χ2v) is 10.6. The fourth-order valence-electron chi connectivity index (χ4n) is 7.37. The maximum absolute atomic E-state index is 11.0. The van der Waals surface area contributed by atoms with Crippen molar-refractivity contribution in [3.05, 3.63) is 42.0 Å². The first-order valence-corrected chi connectivity index (χ1v) is 12.3. The van der Waals surface area contributed by atoms with Crippen molar-refractivity contribution < 1.29 is 10.2 Å². The van der Waals surface area contributed by atoms with Gasteiger partial charge in [-0.25, -0.2) is 0 Å². The van der Waals surface area contributed by atoms with E-state index in [1.54, 1.807) is 0 Å². The first-order valence-electron chi connectivity index (χ1n) is 11.2. The fourth-order valence-corrected chi connectivity index (χ4v) is 7.77. The van der Waals surface area contributed by atoms with Crippen LogP contribution in [0.3, 0.4) is 0 Å². The summed E-state index contributed by atoms with van der Waals surface area (Å²) in [4.78, 5) is 0. The Balaban J connectivity index is 1.76. The molecule has 2 N–H and O–H groups in total. The van der Waals surface area contributed by atoms with E-state index in [2.05, 4.69) is 41.6 Å². The summed E-state index contributed by atoms with van der Waals surface area (Å²) in [5, 5.41) is 22.1. The number of aryl methyl sites for hydroxylation is 1. The molecule has 2 nitrogen and oxygen atoms in total. The van der Waals surface area contributed by atoms with Crippen LogP contribution in [-0.4, -0.2) is 21.6 Å². The number of fused-ring (bicyclic) bond motifs is 5. The zero-order chi connectivity index (χ0) is 19.9. The molecular weight excluding hydrogens is 412 g/mol. The number of benzene rings is 1. The van der Waals surface area contributed by atoms with Gasteiger partial charge in [0.25, 0.3) is 0 Å². The number of unbranched alkanes of at least 4 members (excludes halogenated alkanes) is 2. The lowest BCUT2D eigenvalue weighted by atomic mass is 9.44. The zero-order valence-corrected chi connectivity index (χ0v) is 18.8. The summed E-state index contributed by atoms with van der Waals surface area (Å²) in [6, 6.07) is 6.05. The third kappa shape index (κ3) is 3.08. The third-order valence-electron chi connectivity index (χ3n) is 8.56. The van der Waals surface area contributed by atoms with Crippen molar-refractivity contribution >= 4 is 15.9 Å². The minimum Gasteiger partial charge on any atom is -0.508 e. The molecule has 3 aliphatic carbocycles. The number of rotatable bonds is 6. The van der Waals surface area contributed by atoms with Crippen LogP contribution in [-0.2, 0) is 6.42 Å². The Morgan fingerprint density at radius 3 is 2.82 bits per heavy atom. The lowest BCUT2D eigenvalue weighted by Crippen LogP contribution is -2.54. The molecule has 154 valence electrons. The van der Waals surface area contributed by atoms with E-state index in [0.717, 1.165) is 37.4 Å². The Hall–Kier alpha value is -0.800. The van der Waals surface area contributed by atoms with Crippen LogP contribution in [0.15, 0.2) is 30.9 Å². The standard InChI is InChI=1S/C25H35BrO2/c1-3-25-13-12-17-15-19(27)8-9-20(17)23(25)18(7-5-4-6-14-26)16-24(2)21(25)10-11-22(24)28/h3,8-9,15,18,21-23,27-28H,1,4-7,10-14,16H2,2H3/t18-,21+,22-,23+,24-,25?/m0/s1. The molecule has 0 aromatic heterocycles. The van der Waals surface area contributed by atoms with Crippen LogP contribution in [0.4, 0.5) is 0 Å². The fraction of sp³-hybridized carbons (Fsp3) is 0.680. The number of allylic oxidation sites excluding steroid dienone is 1. The van der Waals surface area contributed by atoms with Gasteiger partial charge in [0.1, 0.15) is 5.75 Å². The van der Waals surface area contributed by atoms with Crippen molar-refractivity contribution in [2.24, 2.45) is 22.7 Å². The monoisotopic (exact) mass is 446 g/mol. The van der Waals surface area contributed by atoms with Crippen molar-refractivity contribution in [2.75, 3.05) is 5.33 Å². The van der Waals surface area contributed by atoms with E-state index in [4.69, 9.17) is 0 Å². The predicted octanol–water partition coefficient (Wildman–Crippen LogP) is 6.35. The Labute approximate surface area is 178 Å². The van der Waals surface area contributed by atoms with Gasteiger partial charge in [0, 0.05) is 5.33 Å². The van der Waals surface area contributed by atoms with Crippen LogP contribution in [0, 0.1) is 22.7 Å². The van der Waals surface area contributed by atoms with Gasteiger partial charge in [-0.2, -0.15) is 0 Å². The summed E-state index contributed by atoms with van der Waals surface area (Å²) in [5.74, 6) is 1.95. The van der Waals surface area contributed by atoms with Crippen molar-refractivity contribution in [3.8, 4) is 5.75 Å². The molecule has 3 aliphatic rings. The largest absolute Gasteiger partial charge is 0.508 e. The van der Waals surface area contributed by atoms with Gasteiger partial charge in [0.15, 0.2) is 0 Å². The molecule has 4 rings (SSSR count). The molecular formula is C25H35BrO2. The second-order valence-electron chi connectivity index (χ2n) is 9.83. The average Bonchev–Trinajstić information content (AvgIpc) is 2.99. The number of phenolic OH excluding ortho intramolecular Hbond substituents is 1. The third-order valence-corrected chi connectivity index (χ3v) is 9.13. The van der Waals surface area contributed by atoms with Gasteiger partial charge in [-0.05, 0) is 96.8 Å².